The summed E-state index contributed by atoms with van der Waals surface area (Å²) in [6, 6.07) is 6.54. The number of hydrogen-bond acceptors (Lipinski definition) is 10. The zero-order valence-corrected chi connectivity index (χ0v) is 19.0. The number of hydrogen-bond donors (Lipinski definition) is 3. The van der Waals surface area contributed by atoms with Gasteiger partial charge in [-0.25, -0.2) is 13.8 Å². The summed E-state index contributed by atoms with van der Waals surface area (Å²) in [5, 5.41) is 10.4. The van der Waals surface area contributed by atoms with Crippen molar-refractivity contribution in [3.63, 3.8) is 0 Å². The molecular formula is C18H16F4N5O6PS. The lowest BCUT2D eigenvalue weighted by atomic mass is 9.95. The largest absolute Gasteiger partial charge is 0.424 e. The van der Waals surface area contributed by atoms with E-state index in [1.807, 2.05) is 0 Å². The van der Waals surface area contributed by atoms with Gasteiger partial charge in [-0.1, -0.05) is 18.2 Å². The number of halogens is 4. The molecule has 5 rings (SSSR count). The number of benzene rings is 1. The number of anilines is 1. The maximum absolute atomic E-state index is 15.2. The van der Waals surface area contributed by atoms with Crippen molar-refractivity contribution in [3.8, 4) is 5.75 Å². The first kappa shape index (κ1) is 24.1. The molecule has 35 heavy (non-hydrogen) atoms. The van der Waals surface area contributed by atoms with Crippen LogP contribution in [0.2, 0.25) is 0 Å². The SMILES string of the molecule is Nc1nc2c(ncn2[C@@H]2O[C@@](COP3(=S)OCc4ccccc4O3)(C(F)F)C(F)(F)[C@H]2O)c(=O)[nH]1. The number of aliphatic hydroxyl groups is 1. The molecule has 4 heterocycles. The van der Waals surface area contributed by atoms with Gasteiger partial charge >= 0.3 is 12.6 Å². The number of nitrogens with zero attached hydrogens (tertiary/aromatic N) is 3. The van der Waals surface area contributed by atoms with Gasteiger partial charge in [-0.2, -0.15) is 13.8 Å². The summed E-state index contributed by atoms with van der Waals surface area (Å²) < 4.78 is 80.8. The van der Waals surface area contributed by atoms with Crippen molar-refractivity contribution >= 4 is 35.6 Å². The molecule has 188 valence electrons. The number of imidazole rings is 1. The summed E-state index contributed by atoms with van der Waals surface area (Å²) in [6.07, 6.45) is -7.96. The van der Waals surface area contributed by atoms with Crippen LogP contribution in [-0.4, -0.2) is 55.3 Å². The molecule has 0 saturated carbocycles. The third-order valence-electron chi connectivity index (χ3n) is 5.61. The van der Waals surface area contributed by atoms with Crippen LogP contribution in [0.15, 0.2) is 35.4 Å². The van der Waals surface area contributed by atoms with E-state index in [4.69, 9.17) is 35.8 Å². The highest BCUT2D eigenvalue weighted by Crippen LogP contribution is 2.58. The van der Waals surface area contributed by atoms with E-state index in [1.54, 1.807) is 18.2 Å². The van der Waals surface area contributed by atoms with E-state index in [9.17, 15) is 18.7 Å². The molecule has 0 radical (unpaired) electrons. The van der Waals surface area contributed by atoms with Crippen molar-refractivity contribution in [3.05, 3.63) is 46.5 Å². The summed E-state index contributed by atoms with van der Waals surface area (Å²) in [7, 11) is 0. The summed E-state index contributed by atoms with van der Waals surface area (Å²) in [4.78, 5) is 21.7. The number of fused-ring (bicyclic) bond motifs is 2. The van der Waals surface area contributed by atoms with Gasteiger partial charge in [0.1, 0.15) is 5.75 Å². The normalized spacial score (nSPS) is 29.9. The van der Waals surface area contributed by atoms with Gasteiger partial charge in [0, 0.05) is 17.4 Å². The lowest BCUT2D eigenvalue weighted by Crippen LogP contribution is -2.57. The minimum Gasteiger partial charge on any atom is -0.424 e. The monoisotopic (exact) mass is 537 g/mol. The number of nitrogen functional groups attached to an aromatic ring is 1. The minimum atomic E-state index is -4.56. The molecule has 2 aromatic heterocycles. The zero-order valence-electron chi connectivity index (χ0n) is 17.3. The number of nitrogens with two attached hydrogens (primary N) is 1. The molecule has 2 aliphatic heterocycles. The summed E-state index contributed by atoms with van der Waals surface area (Å²) in [5.74, 6) is -4.68. The first-order valence-corrected chi connectivity index (χ1v) is 12.4. The Kier molecular flexibility index (Phi) is 5.65. The highest BCUT2D eigenvalue weighted by molar-refractivity contribution is 8.07. The van der Waals surface area contributed by atoms with E-state index >= 15 is 8.78 Å². The van der Waals surface area contributed by atoms with E-state index in [2.05, 4.69) is 15.0 Å². The molecule has 11 nitrogen and oxygen atoms in total. The fourth-order valence-electron chi connectivity index (χ4n) is 3.76. The molecule has 1 saturated heterocycles. The van der Waals surface area contributed by atoms with Crippen LogP contribution in [0.25, 0.3) is 11.2 Å². The van der Waals surface area contributed by atoms with Crippen molar-refractivity contribution in [2.24, 2.45) is 0 Å². The fourth-order valence-corrected chi connectivity index (χ4v) is 5.57. The van der Waals surface area contributed by atoms with E-state index in [-0.39, 0.29) is 23.5 Å². The lowest BCUT2D eigenvalue weighted by molar-refractivity contribution is -0.242. The first-order valence-electron chi connectivity index (χ1n) is 9.88. The van der Waals surface area contributed by atoms with Crippen LogP contribution in [0.1, 0.15) is 11.8 Å². The zero-order chi connectivity index (χ0) is 25.2. The van der Waals surface area contributed by atoms with Gasteiger partial charge in [0.15, 0.2) is 23.5 Å². The van der Waals surface area contributed by atoms with Crippen LogP contribution >= 0.6 is 6.72 Å². The van der Waals surface area contributed by atoms with E-state index < -0.39 is 55.1 Å². The average molecular weight is 537 g/mol. The molecule has 2 aliphatic rings. The van der Waals surface area contributed by atoms with E-state index in [0.29, 0.717) is 10.1 Å². The van der Waals surface area contributed by atoms with Gasteiger partial charge in [-0.15, -0.1) is 0 Å². The molecular weight excluding hydrogens is 521 g/mol. The molecule has 4 N–H and O–H groups in total. The predicted octanol–water partition coefficient (Wildman–Crippen LogP) is 2.08. The number of aromatic amines is 1. The van der Waals surface area contributed by atoms with Gasteiger partial charge in [0.05, 0.1) is 19.5 Å². The second kappa shape index (κ2) is 8.21. The number of alkyl halides is 4. The Morgan fingerprint density at radius 1 is 1.40 bits per heavy atom. The van der Waals surface area contributed by atoms with Crippen molar-refractivity contribution < 1.29 is 41.0 Å². The van der Waals surface area contributed by atoms with Crippen LogP contribution in [0, 0.1) is 0 Å². The van der Waals surface area contributed by atoms with E-state index in [1.165, 1.54) is 6.07 Å². The Bertz CT molecular complexity index is 1410. The molecule has 0 spiro atoms. The second-order valence-corrected chi connectivity index (χ2v) is 10.7. The smallest absolute Gasteiger partial charge is 0.381 e. The Labute approximate surface area is 198 Å². The first-order chi connectivity index (χ1) is 16.5. The number of para-hydroxylation sites is 1. The van der Waals surface area contributed by atoms with Gasteiger partial charge < -0.3 is 20.1 Å². The fraction of sp³-hybridized carbons (Fsp3) is 0.389. The van der Waals surface area contributed by atoms with Gasteiger partial charge in [0.2, 0.25) is 11.5 Å². The molecule has 0 amide bonds. The molecule has 17 heteroatoms. The van der Waals surface area contributed by atoms with Crippen molar-refractivity contribution in [1.82, 2.24) is 19.5 Å². The van der Waals surface area contributed by atoms with Crippen molar-refractivity contribution in [1.29, 1.82) is 0 Å². The predicted molar refractivity (Wildman–Crippen MR) is 114 cm³/mol. The molecule has 1 aromatic carbocycles. The highest BCUT2D eigenvalue weighted by Gasteiger charge is 2.74. The molecule has 0 bridgehead atoms. The second-order valence-electron chi connectivity index (χ2n) is 7.73. The third-order valence-corrected chi connectivity index (χ3v) is 7.78. The van der Waals surface area contributed by atoms with Crippen LogP contribution < -0.4 is 15.8 Å². The standard InChI is InChI=1S/C18H16F4N5O6PS/c19-15(20)17(6-31-34(35)30-5-8-3-1-2-4-9(8)33-34)18(21,22)11(28)14(32-17)27-7-24-10-12(27)25-16(23)26-13(10)29/h1-4,7,11,14-15,28H,5-6H2,(H3,23,25,26,29)/t11-,14+,17-,34?/m0/s1. The maximum atomic E-state index is 15.2. The van der Waals surface area contributed by atoms with Crippen molar-refractivity contribution in [2.45, 2.75) is 36.9 Å². The van der Waals surface area contributed by atoms with Crippen LogP contribution in [0.5, 0.6) is 5.75 Å². The Hall–Kier alpha value is -2.62. The number of H-pyrrole nitrogens is 1. The molecule has 1 fully saturated rings. The quantitative estimate of drug-likeness (QED) is 0.327. The number of aliphatic hydroxyl groups excluding tert-OH is 1. The average Bonchev–Trinajstić information content (AvgIpc) is 3.30. The summed E-state index contributed by atoms with van der Waals surface area (Å²) >= 11 is 5.17. The molecule has 4 atom stereocenters. The topological polar surface area (TPSA) is 147 Å². The maximum Gasteiger partial charge on any atom is 0.381 e. The molecule has 0 aliphatic carbocycles. The summed E-state index contributed by atoms with van der Waals surface area (Å²) in [6.45, 7) is -5.34. The number of ether oxygens (including phenoxy) is 1. The minimum absolute atomic E-state index is 0.0830. The lowest BCUT2D eigenvalue weighted by Gasteiger charge is -2.35. The molecule has 3 aromatic rings. The Morgan fingerprint density at radius 3 is 2.89 bits per heavy atom. The van der Waals surface area contributed by atoms with Gasteiger partial charge in [0.25, 0.3) is 12.0 Å². The third kappa shape index (κ3) is 3.72. The van der Waals surface area contributed by atoms with Crippen LogP contribution in [0.3, 0.4) is 0 Å². The Morgan fingerprint density at radius 2 is 2.14 bits per heavy atom. The number of nitrogens with one attached hydrogen (secondary N) is 1. The van der Waals surface area contributed by atoms with Crippen LogP contribution in [0.4, 0.5) is 23.5 Å². The van der Waals surface area contributed by atoms with Gasteiger partial charge in [-0.05, 0) is 6.07 Å². The van der Waals surface area contributed by atoms with E-state index in [0.717, 1.165) is 6.33 Å². The molecule has 1 unspecified atom stereocenters. The van der Waals surface area contributed by atoms with Crippen LogP contribution in [-0.2, 0) is 32.2 Å². The number of rotatable bonds is 5. The summed E-state index contributed by atoms with van der Waals surface area (Å²) in [5.41, 5.74) is 0.932. The highest BCUT2D eigenvalue weighted by atomic mass is 32.5. The Balaban J connectivity index is 1.48. The van der Waals surface area contributed by atoms with Crippen molar-refractivity contribution in [2.75, 3.05) is 12.3 Å². The number of aromatic nitrogens is 4. The van der Waals surface area contributed by atoms with Gasteiger partial charge in [-0.3, -0.25) is 23.4 Å².